The number of halogens is 4. The topological polar surface area (TPSA) is 61.4 Å². The van der Waals surface area contributed by atoms with E-state index in [4.69, 9.17) is 11.6 Å². The Hall–Kier alpha value is -3.85. The number of amides is 2. The van der Waals surface area contributed by atoms with Gasteiger partial charge in [-0.1, -0.05) is 48.0 Å². The van der Waals surface area contributed by atoms with Gasteiger partial charge in [-0.3, -0.25) is 0 Å². The molecule has 1 aromatic heterocycles. The summed E-state index contributed by atoms with van der Waals surface area (Å²) in [6.45, 7) is 1.76. The molecule has 1 aliphatic heterocycles. The highest BCUT2D eigenvalue weighted by Crippen LogP contribution is 2.34. The molecule has 0 bridgehead atoms. The summed E-state index contributed by atoms with van der Waals surface area (Å²) < 4.78 is 39.0. The van der Waals surface area contributed by atoms with E-state index in [0.717, 1.165) is 40.2 Å². The number of anilines is 2. The van der Waals surface area contributed by atoms with Crippen LogP contribution in [-0.2, 0) is 6.18 Å². The SMILES string of the molecule is O=C(Nc1cc(C(F)(F)F)ccc1Cl)N1CCN(c2ccc(-c3ccc4ccccc4c3)nn2)CC1. The van der Waals surface area contributed by atoms with Crippen LogP contribution in [0, 0.1) is 0 Å². The smallest absolute Gasteiger partial charge is 0.352 e. The molecule has 3 aromatic carbocycles. The van der Waals surface area contributed by atoms with Crippen LogP contribution in [-0.4, -0.2) is 47.3 Å². The van der Waals surface area contributed by atoms with Gasteiger partial charge in [-0.05, 0) is 47.2 Å². The van der Waals surface area contributed by atoms with Crippen molar-refractivity contribution < 1.29 is 18.0 Å². The van der Waals surface area contributed by atoms with Crippen LogP contribution in [0.15, 0.2) is 72.8 Å². The first-order chi connectivity index (χ1) is 17.3. The minimum atomic E-state index is -4.53. The second kappa shape index (κ2) is 9.66. The van der Waals surface area contributed by atoms with Gasteiger partial charge in [-0.15, -0.1) is 10.2 Å². The van der Waals surface area contributed by atoms with Crippen molar-refractivity contribution >= 4 is 39.9 Å². The van der Waals surface area contributed by atoms with Crippen LogP contribution in [0.5, 0.6) is 0 Å². The molecule has 6 nitrogen and oxygen atoms in total. The van der Waals surface area contributed by atoms with Crippen molar-refractivity contribution in [2.45, 2.75) is 6.18 Å². The fourth-order valence-corrected chi connectivity index (χ4v) is 4.29. The van der Waals surface area contributed by atoms with E-state index in [1.165, 1.54) is 4.90 Å². The number of aromatic nitrogens is 2. The molecular weight excluding hydrogens is 491 g/mol. The average molecular weight is 512 g/mol. The summed E-state index contributed by atoms with van der Waals surface area (Å²) in [6.07, 6.45) is -4.53. The lowest BCUT2D eigenvalue weighted by Gasteiger charge is -2.35. The third-order valence-electron chi connectivity index (χ3n) is 6.12. The number of rotatable bonds is 3. The summed E-state index contributed by atoms with van der Waals surface area (Å²) in [5.41, 5.74) is 0.787. The van der Waals surface area contributed by atoms with Crippen LogP contribution in [0.4, 0.5) is 29.5 Å². The molecule has 0 atom stereocenters. The summed E-state index contributed by atoms with van der Waals surface area (Å²) in [7, 11) is 0. The zero-order valence-electron chi connectivity index (χ0n) is 19.0. The highest BCUT2D eigenvalue weighted by Gasteiger charge is 2.31. The molecule has 0 aliphatic carbocycles. The molecule has 5 rings (SSSR count). The molecule has 1 fully saturated rings. The molecule has 1 aliphatic rings. The zero-order chi connectivity index (χ0) is 25.3. The molecule has 0 spiro atoms. The van der Waals surface area contributed by atoms with Gasteiger partial charge in [0.1, 0.15) is 0 Å². The Balaban J connectivity index is 1.21. The van der Waals surface area contributed by atoms with E-state index in [1.54, 1.807) is 0 Å². The summed E-state index contributed by atoms with van der Waals surface area (Å²) in [5.74, 6) is 0.695. The van der Waals surface area contributed by atoms with E-state index in [-0.39, 0.29) is 10.7 Å². The normalized spacial score (nSPS) is 14.2. The first-order valence-corrected chi connectivity index (χ1v) is 11.7. The van der Waals surface area contributed by atoms with Crippen molar-refractivity contribution in [1.29, 1.82) is 0 Å². The number of hydrogen-bond acceptors (Lipinski definition) is 4. The molecule has 4 aromatic rings. The van der Waals surface area contributed by atoms with Crippen LogP contribution < -0.4 is 10.2 Å². The molecule has 2 heterocycles. The van der Waals surface area contributed by atoms with E-state index in [0.29, 0.717) is 32.0 Å². The van der Waals surface area contributed by atoms with Gasteiger partial charge in [0.15, 0.2) is 5.82 Å². The van der Waals surface area contributed by atoms with Crippen LogP contribution in [0.1, 0.15) is 5.56 Å². The van der Waals surface area contributed by atoms with Gasteiger partial charge in [0.25, 0.3) is 0 Å². The van der Waals surface area contributed by atoms with E-state index >= 15 is 0 Å². The number of hydrogen-bond donors (Lipinski definition) is 1. The molecule has 184 valence electrons. The van der Waals surface area contributed by atoms with Crippen molar-refractivity contribution in [3.8, 4) is 11.3 Å². The predicted molar refractivity (Wildman–Crippen MR) is 134 cm³/mol. The molecule has 0 saturated carbocycles. The van der Waals surface area contributed by atoms with Crippen LogP contribution in [0.3, 0.4) is 0 Å². The summed E-state index contributed by atoms with van der Waals surface area (Å²) in [6, 6.07) is 20.4. The highest BCUT2D eigenvalue weighted by atomic mass is 35.5. The number of alkyl halides is 3. The summed E-state index contributed by atoms with van der Waals surface area (Å²) >= 11 is 5.99. The Morgan fingerprint density at radius 3 is 2.31 bits per heavy atom. The molecule has 1 saturated heterocycles. The fraction of sp³-hybridized carbons (Fsp3) is 0.192. The fourth-order valence-electron chi connectivity index (χ4n) is 4.13. The number of piperazine rings is 1. The molecular formula is C26H21ClF3N5O. The number of benzene rings is 3. The third-order valence-corrected chi connectivity index (χ3v) is 6.45. The van der Waals surface area contributed by atoms with Gasteiger partial charge >= 0.3 is 12.2 Å². The van der Waals surface area contributed by atoms with Gasteiger partial charge in [0, 0.05) is 31.7 Å². The van der Waals surface area contributed by atoms with E-state index in [1.807, 2.05) is 35.2 Å². The molecule has 10 heteroatoms. The predicted octanol–water partition coefficient (Wildman–Crippen LogP) is 6.32. The van der Waals surface area contributed by atoms with Crippen molar-refractivity contribution in [2.75, 3.05) is 36.4 Å². The first kappa shape index (κ1) is 23.9. The van der Waals surface area contributed by atoms with Crippen molar-refractivity contribution in [3.63, 3.8) is 0 Å². The van der Waals surface area contributed by atoms with Gasteiger partial charge in [0.2, 0.25) is 0 Å². The van der Waals surface area contributed by atoms with Gasteiger partial charge in [0.05, 0.1) is 22.0 Å². The second-order valence-corrected chi connectivity index (χ2v) is 8.84. The maximum atomic E-state index is 13.0. The number of nitrogens with zero attached hydrogens (tertiary/aromatic N) is 4. The van der Waals surface area contributed by atoms with Crippen LogP contribution >= 0.6 is 11.6 Å². The van der Waals surface area contributed by atoms with Gasteiger partial charge in [-0.2, -0.15) is 13.2 Å². The number of urea groups is 1. The van der Waals surface area contributed by atoms with Crippen LogP contribution in [0.25, 0.3) is 22.0 Å². The molecule has 1 N–H and O–H groups in total. The monoisotopic (exact) mass is 511 g/mol. The Morgan fingerprint density at radius 1 is 0.861 bits per heavy atom. The highest BCUT2D eigenvalue weighted by molar-refractivity contribution is 6.33. The third kappa shape index (κ3) is 5.06. The molecule has 36 heavy (non-hydrogen) atoms. The molecule has 0 unspecified atom stereocenters. The lowest BCUT2D eigenvalue weighted by atomic mass is 10.1. The van der Waals surface area contributed by atoms with E-state index in [2.05, 4.69) is 39.8 Å². The minimum Gasteiger partial charge on any atom is -0.352 e. The van der Waals surface area contributed by atoms with Gasteiger partial charge in [-0.25, -0.2) is 4.79 Å². The van der Waals surface area contributed by atoms with Gasteiger partial charge < -0.3 is 15.1 Å². The lowest BCUT2D eigenvalue weighted by Crippen LogP contribution is -2.50. The van der Waals surface area contributed by atoms with Crippen molar-refractivity contribution in [2.24, 2.45) is 0 Å². The first-order valence-electron chi connectivity index (χ1n) is 11.3. The quantitative estimate of drug-likeness (QED) is 0.349. The number of carbonyl (C=O) groups is 1. The Morgan fingerprint density at radius 2 is 1.61 bits per heavy atom. The van der Waals surface area contributed by atoms with Crippen molar-refractivity contribution in [3.05, 3.63) is 83.4 Å². The minimum absolute atomic E-state index is 0.0387. The average Bonchev–Trinajstić information content (AvgIpc) is 2.89. The largest absolute Gasteiger partial charge is 0.416 e. The maximum Gasteiger partial charge on any atom is 0.416 e. The standard InChI is InChI=1S/C26H21ClF3N5O/c27-21-8-7-20(26(28,29)30)16-23(21)31-25(36)35-13-11-34(12-14-35)24-10-9-22(32-33-24)19-6-5-17-3-1-2-4-18(17)15-19/h1-10,15-16H,11-14H2,(H,31,36). The number of fused-ring (bicyclic) bond motifs is 1. The zero-order valence-corrected chi connectivity index (χ0v) is 19.7. The van der Waals surface area contributed by atoms with E-state index < -0.39 is 17.8 Å². The van der Waals surface area contributed by atoms with E-state index in [9.17, 15) is 18.0 Å². The Bertz CT molecular complexity index is 1400. The summed E-state index contributed by atoms with van der Waals surface area (Å²) in [5, 5.41) is 13.6. The lowest BCUT2D eigenvalue weighted by molar-refractivity contribution is -0.137. The Kier molecular flexibility index (Phi) is 6.40. The molecule has 2 amide bonds. The maximum absolute atomic E-state index is 13.0. The van der Waals surface area contributed by atoms with Crippen molar-refractivity contribution in [1.82, 2.24) is 15.1 Å². The second-order valence-electron chi connectivity index (χ2n) is 8.44. The number of carbonyl (C=O) groups excluding carboxylic acids is 1. The molecule has 0 radical (unpaired) electrons. The number of nitrogens with one attached hydrogen (secondary N) is 1. The van der Waals surface area contributed by atoms with Crippen LogP contribution in [0.2, 0.25) is 5.02 Å². The Labute approximate surface area is 210 Å². The summed E-state index contributed by atoms with van der Waals surface area (Å²) in [4.78, 5) is 16.2.